The average molecular weight is 327 g/mol. The number of ketones is 1. The summed E-state index contributed by atoms with van der Waals surface area (Å²) < 4.78 is 0. The van der Waals surface area contributed by atoms with Gasteiger partial charge in [-0.1, -0.05) is 12.1 Å². The lowest BCUT2D eigenvalue weighted by Crippen LogP contribution is -2.31. The minimum Gasteiger partial charge on any atom is -0.349 e. The highest BCUT2D eigenvalue weighted by Gasteiger charge is 2.09. The van der Waals surface area contributed by atoms with Crippen LogP contribution in [-0.2, 0) is 0 Å². The van der Waals surface area contributed by atoms with E-state index in [1.165, 1.54) is 13.3 Å². The summed E-state index contributed by atoms with van der Waals surface area (Å²) in [6, 6.07) is 8.67. The molecule has 0 aliphatic heterocycles. The molecule has 2 aromatic rings. The van der Waals surface area contributed by atoms with Gasteiger partial charge in [-0.3, -0.25) is 9.59 Å². The van der Waals surface area contributed by atoms with Gasteiger partial charge in [0, 0.05) is 30.4 Å². The summed E-state index contributed by atoms with van der Waals surface area (Å²) in [6.45, 7) is 2.80. The minimum absolute atomic E-state index is 0.0118. The zero-order valence-electron chi connectivity index (χ0n) is 14.0. The van der Waals surface area contributed by atoms with E-state index in [2.05, 4.69) is 20.6 Å². The molecule has 0 fully saturated rings. The molecule has 0 unspecified atom stereocenters. The number of carbonyl (C=O) groups excluding carboxylic acids is 2. The van der Waals surface area contributed by atoms with E-state index >= 15 is 0 Å². The van der Waals surface area contributed by atoms with Gasteiger partial charge in [-0.2, -0.15) is 0 Å². The van der Waals surface area contributed by atoms with Crippen LogP contribution in [0.2, 0.25) is 0 Å². The van der Waals surface area contributed by atoms with E-state index in [1.54, 1.807) is 24.3 Å². The molecule has 1 amide bonds. The fourth-order valence-corrected chi connectivity index (χ4v) is 2.00. The maximum absolute atomic E-state index is 12.1. The summed E-state index contributed by atoms with van der Waals surface area (Å²) in [5.41, 5.74) is 1.62. The number of rotatable bonds is 7. The van der Waals surface area contributed by atoms with Crippen molar-refractivity contribution in [2.24, 2.45) is 0 Å². The summed E-state index contributed by atoms with van der Waals surface area (Å²) in [5, 5.41) is 5.88. The highest BCUT2D eigenvalue weighted by molar-refractivity contribution is 5.95. The van der Waals surface area contributed by atoms with Crippen LogP contribution < -0.4 is 10.6 Å². The number of benzene rings is 1. The molecule has 0 atom stereocenters. The second-order valence-electron chi connectivity index (χ2n) is 5.61. The summed E-state index contributed by atoms with van der Waals surface area (Å²) >= 11 is 0. The van der Waals surface area contributed by atoms with Crippen molar-refractivity contribution in [2.75, 3.05) is 32.5 Å². The first kappa shape index (κ1) is 17.6. The van der Waals surface area contributed by atoms with E-state index in [0.717, 1.165) is 12.2 Å². The van der Waals surface area contributed by atoms with Crippen molar-refractivity contribution in [3.63, 3.8) is 0 Å². The number of nitrogens with one attached hydrogen (secondary N) is 2. The van der Waals surface area contributed by atoms with Gasteiger partial charge in [0.2, 0.25) is 0 Å². The molecule has 0 aliphatic carbocycles. The van der Waals surface area contributed by atoms with Crippen LogP contribution in [0.15, 0.2) is 36.7 Å². The Morgan fingerprint density at radius 1 is 1.17 bits per heavy atom. The summed E-state index contributed by atoms with van der Waals surface area (Å²) in [5.74, 6) is 0.227. The number of anilines is 2. The lowest BCUT2D eigenvalue weighted by molar-refractivity contribution is 0.0945. The summed E-state index contributed by atoms with van der Waals surface area (Å²) in [6.07, 6.45) is 1.33. The van der Waals surface area contributed by atoms with Gasteiger partial charge in [0.15, 0.2) is 5.78 Å². The van der Waals surface area contributed by atoms with Crippen LogP contribution in [0.25, 0.3) is 0 Å². The van der Waals surface area contributed by atoms with E-state index in [1.807, 2.05) is 25.1 Å². The van der Waals surface area contributed by atoms with Gasteiger partial charge < -0.3 is 15.5 Å². The molecule has 0 saturated heterocycles. The Balaban J connectivity index is 2.06. The second-order valence-corrected chi connectivity index (χ2v) is 5.61. The molecule has 0 spiro atoms. The van der Waals surface area contributed by atoms with Crippen molar-refractivity contribution in [3.8, 4) is 0 Å². The molecule has 24 heavy (non-hydrogen) atoms. The predicted molar refractivity (Wildman–Crippen MR) is 92.6 cm³/mol. The first-order chi connectivity index (χ1) is 11.5. The van der Waals surface area contributed by atoms with Gasteiger partial charge in [0.25, 0.3) is 5.91 Å². The maximum Gasteiger partial charge on any atom is 0.270 e. The molecule has 126 valence electrons. The zero-order valence-corrected chi connectivity index (χ0v) is 14.0. The molecule has 7 nitrogen and oxygen atoms in total. The molecule has 0 saturated carbocycles. The third kappa shape index (κ3) is 5.13. The lowest BCUT2D eigenvalue weighted by Gasteiger charge is -2.11. The van der Waals surface area contributed by atoms with E-state index in [9.17, 15) is 9.59 Å². The van der Waals surface area contributed by atoms with Gasteiger partial charge in [0.05, 0.1) is 0 Å². The molecule has 0 bridgehead atoms. The topological polar surface area (TPSA) is 87.2 Å². The minimum atomic E-state index is -0.250. The third-order valence-corrected chi connectivity index (χ3v) is 3.29. The van der Waals surface area contributed by atoms with Crippen LogP contribution in [-0.4, -0.2) is 53.7 Å². The third-order valence-electron chi connectivity index (χ3n) is 3.29. The number of carbonyl (C=O) groups is 2. The largest absolute Gasteiger partial charge is 0.349 e. The Bertz CT molecular complexity index is 730. The smallest absolute Gasteiger partial charge is 0.270 e. The van der Waals surface area contributed by atoms with Crippen molar-refractivity contribution in [1.29, 1.82) is 0 Å². The quantitative estimate of drug-likeness (QED) is 0.753. The lowest BCUT2D eigenvalue weighted by atomic mass is 10.1. The number of hydrogen-bond acceptors (Lipinski definition) is 6. The fourth-order valence-electron chi connectivity index (χ4n) is 2.00. The molecular formula is C17H21N5O2. The van der Waals surface area contributed by atoms with Gasteiger partial charge in [-0.25, -0.2) is 9.97 Å². The molecule has 0 radical (unpaired) electrons. The van der Waals surface area contributed by atoms with E-state index < -0.39 is 0 Å². The van der Waals surface area contributed by atoms with E-state index in [-0.39, 0.29) is 17.4 Å². The van der Waals surface area contributed by atoms with Crippen LogP contribution in [0.1, 0.15) is 27.8 Å². The van der Waals surface area contributed by atoms with Gasteiger partial charge in [-0.05, 0) is 33.2 Å². The Hall–Kier alpha value is -2.80. The van der Waals surface area contributed by atoms with E-state index in [0.29, 0.717) is 17.9 Å². The predicted octanol–water partition coefficient (Wildman–Crippen LogP) is 1.71. The van der Waals surface area contributed by atoms with Crippen molar-refractivity contribution in [3.05, 3.63) is 47.9 Å². The normalized spacial score (nSPS) is 10.5. The molecule has 2 rings (SSSR count). The maximum atomic E-state index is 12.1. The molecule has 1 aromatic carbocycles. The highest BCUT2D eigenvalue weighted by atomic mass is 16.1. The molecular weight excluding hydrogens is 306 g/mol. The first-order valence-corrected chi connectivity index (χ1v) is 7.58. The van der Waals surface area contributed by atoms with Crippen LogP contribution in [0.5, 0.6) is 0 Å². The molecule has 7 heteroatoms. The number of Topliss-reactive ketones (excluding diaryl/α,β-unsaturated/α-hetero) is 1. The molecule has 0 aliphatic rings. The number of amides is 1. The first-order valence-electron chi connectivity index (χ1n) is 7.58. The molecule has 1 aromatic heterocycles. The highest BCUT2D eigenvalue weighted by Crippen LogP contribution is 2.16. The van der Waals surface area contributed by atoms with Gasteiger partial charge in [0.1, 0.15) is 17.8 Å². The fraction of sp³-hybridized carbons (Fsp3) is 0.294. The van der Waals surface area contributed by atoms with Crippen molar-refractivity contribution in [2.45, 2.75) is 6.92 Å². The number of likely N-dealkylation sites (N-methyl/N-ethyl adjacent to an activating group) is 1. The second kappa shape index (κ2) is 8.16. The summed E-state index contributed by atoms with van der Waals surface area (Å²) in [7, 11) is 3.88. The van der Waals surface area contributed by atoms with E-state index in [4.69, 9.17) is 0 Å². The number of nitrogens with zero attached hydrogens (tertiary/aromatic N) is 3. The number of hydrogen-bond donors (Lipinski definition) is 2. The Kier molecular flexibility index (Phi) is 5.97. The monoisotopic (exact) mass is 327 g/mol. The van der Waals surface area contributed by atoms with Crippen LogP contribution in [0, 0.1) is 0 Å². The zero-order chi connectivity index (χ0) is 17.5. The summed E-state index contributed by atoms with van der Waals surface area (Å²) in [4.78, 5) is 33.6. The van der Waals surface area contributed by atoms with Crippen molar-refractivity contribution >= 4 is 23.2 Å². The standard InChI is InChI=1S/C17H21N5O2/c1-12(23)13-5-4-6-14(9-13)21-16-10-15(19-11-20-16)17(24)18-7-8-22(2)3/h4-6,9-11H,7-8H2,1-3H3,(H,18,24)(H,19,20,21). The average Bonchev–Trinajstić information content (AvgIpc) is 2.55. The Morgan fingerprint density at radius 3 is 2.67 bits per heavy atom. The Morgan fingerprint density at radius 2 is 1.96 bits per heavy atom. The molecule has 2 N–H and O–H groups in total. The van der Waals surface area contributed by atoms with Crippen LogP contribution in [0.4, 0.5) is 11.5 Å². The molecule has 1 heterocycles. The van der Waals surface area contributed by atoms with Gasteiger partial charge >= 0.3 is 0 Å². The number of aromatic nitrogens is 2. The van der Waals surface area contributed by atoms with Gasteiger partial charge in [-0.15, -0.1) is 0 Å². The van der Waals surface area contributed by atoms with Crippen LogP contribution in [0.3, 0.4) is 0 Å². The SMILES string of the molecule is CC(=O)c1cccc(Nc2cc(C(=O)NCCN(C)C)ncn2)c1. The Labute approximate surface area is 141 Å². The van der Waals surface area contributed by atoms with Crippen LogP contribution >= 0.6 is 0 Å². The van der Waals surface area contributed by atoms with Crippen molar-refractivity contribution < 1.29 is 9.59 Å². The van der Waals surface area contributed by atoms with Crippen molar-refractivity contribution in [1.82, 2.24) is 20.2 Å².